The highest BCUT2D eigenvalue weighted by atomic mass is 16.7. The molecule has 0 aromatic heterocycles. The summed E-state index contributed by atoms with van der Waals surface area (Å²) in [5, 5.41) is 0. The van der Waals surface area contributed by atoms with E-state index in [-0.39, 0.29) is 6.10 Å². The second-order valence-corrected chi connectivity index (χ2v) is 2.66. The minimum Gasteiger partial charge on any atom is -0.299 e. The third-order valence-corrected chi connectivity index (χ3v) is 1.10. The van der Waals surface area contributed by atoms with Gasteiger partial charge in [-0.05, 0) is 33.1 Å². The number of hydrogen-bond donors (Lipinski definition) is 1. The lowest BCUT2D eigenvalue weighted by Crippen LogP contribution is -2.20. The van der Waals surface area contributed by atoms with E-state index in [0.717, 1.165) is 19.4 Å². The summed E-state index contributed by atoms with van der Waals surface area (Å²) in [4.78, 5) is 5.13. The molecule has 0 saturated carbocycles. The molecule has 0 aliphatic heterocycles. The Bertz CT molecular complexity index is 91.6. The summed E-state index contributed by atoms with van der Waals surface area (Å²) in [6.07, 6.45) is 6.32. The van der Waals surface area contributed by atoms with Crippen molar-refractivity contribution in [2.75, 3.05) is 6.54 Å². The summed E-state index contributed by atoms with van der Waals surface area (Å²) >= 11 is 0. The third kappa shape index (κ3) is 9.66. The van der Waals surface area contributed by atoms with Gasteiger partial charge in [-0.2, -0.15) is 0 Å². The maximum Gasteiger partial charge on any atom is 0.0734 e. The van der Waals surface area contributed by atoms with E-state index in [0.29, 0.717) is 0 Å². The summed E-state index contributed by atoms with van der Waals surface area (Å²) in [7, 11) is 0. The molecule has 0 rings (SSSR count). The second kappa shape index (κ2) is 7.76. The normalized spacial score (nSPS) is 10.5. The molecular formula is C9H18NO. The SMILES string of the molecule is C=CC[CH]CCNOC(C)C. The predicted molar refractivity (Wildman–Crippen MR) is 48.0 cm³/mol. The van der Waals surface area contributed by atoms with Crippen LogP contribution < -0.4 is 5.48 Å². The van der Waals surface area contributed by atoms with Gasteiger partial charge in [0.25, 0.3) is 0 Å². The average Bonchev–Trinajstić information content (AvgIpc) is 1.96. The van der Waals surface area contributed by atoms with E-state index in [4.69, 9.17) is 4.84 Å². The first-order chi connectivity index (χ1) is 5.27. The summed E-state index contributed by atoms with van der Waals surface area (Å²) in [5.41, 5.74) is 2.88. The Hall–Kier alpha value is -0.340. The largest absolute Gasteiger partial charge is 0.299 e. The molecule has 0 amide bonds. The van der Waals surface area contributed by atoms with Crippen LogP contribution in [0.25, 0.3) is 0 Å². The van der Waals surface area contributed by atoms with Gasteiger partial charge in [0.15, 0.2) is 0 Å². The molecule has 0 heterocycles. The molecule has 65 valence electrons. The zero-order valence-electron chi connectivity index (χ0n) is 7.47. The minimum absolute atomic E-state index is 0.259. The molecule has 0 unspecified atom stereocenters. The molecule has 0 fully saturated rings. The highest BCUT2D eigenvalue weighted by Crippen LogP contribution is 1.92. The fourth-order valence-electron chi connectivity index (χ4n) is 0.622. The summed E-state index contributed by atoms with van der Waals surface area (Å²) in [6, 6.07) is 0. The first-order valence-corrected chi connectivity index (χ1v) is 4.08. The Morgan fingerprint density at radius 1 is 1.55 bits per heavy atom. The van der Waals surface area contributed by atoms with Gasteiger partial charge in [-0.15, -0.1) is 6.58 Å². The quantitative estimate of drug-likeness (QED) is 0.346. The molecule has 0 bridgehead atoms. The van der Waals surface area contributed by atoms with Gasteiger partial charge >= 0.3 is 0 Å². The van der Waals surface area contributed by atoms with Crippen molar-refractivity contribution in [3.8, 4) is 0 Å². The first kappa shape index (κ1) is 10.7. The van der Waals surface area contributed by atoms with Crippen molar-refractivity contribution < 1.29 is 4.84 Å². The van der Waals surface area contributed by atoms with Gasteiger partial charge in [-0.3, -0.25) is 4.84 Å². The highest BCUT2D eigenvalue weighted by molar-refractivity contribution is 4.77. The number of allylic oxidation sites excluding steroid dienone is 1. The van der Waals surface area contributed by atoms with Crippen molar-refractivity contribution in [2.24, 2.45) is 0 Å². The summed E-state index contributed by atoms with van der Waals surface area (Å²) in [6.45, 7) is 8.51. The lowest BCUT2D eigenvalue weighted by molar-refractivity contribution is -0.00415. The van der Waals surface area contributed by atoms with Gasteiger partial charge in [0.05, 0.1) is 6.10 Å². The first-order valence-electron chi connectivity index (χ1n) is 4.08. The summed E-state index contributed by atoms with van der Waals surface area (Å²) in [5.74, 6) is 0. The maximum atomic E-state index is 5.13. The molecule has 2 heteroatoms. The molecule has 0 spiro atoms. The molecule has 0 aliphatic carbocycles. The topological polar surface area (TPSA) is 21.3 Å². The van der Waals surface area contributed by atoms with Gasteiger partial charge in [-0.25, -0.2) is 5.48 Å². The molecule has 2 nitrogen and oxygen atoms in total. The van der Waals surface area contributed by atoms with Crippen LogP contribution in [0.4, 0.5) is 0 Å². The van der Waals surface area contributed by atoms with Gasteiger partial charge in [0, 0.05) is 6.54 Å². The fraction of sp³-hybridized carbons (Fsp3) is 0.667. The Morgan fingerprint density at radius 2 is 2.27 bits per heavy atom. The van der Waals surface area contributed by atoms with Crippen molar-refractivity contribution in [1.29, 1.82) is 0 Å². The van der Waals surface area contributed by atoms with Crippen LogP contribution in [-0.2, 0) is 4.84 Å². The van der Waals surface area contributed by atoms with E-state index in [1.807, 2.05) is 19.9 Å². The van der Waals surface area contributed by atoms with Crippen molar-refractivity contribution in [1.82, 2.24) is 5.48 Å². The van der Waals surface area contributed by atoms with Gasteiger partial charge < -0.3 is 0 Å². The Kier molecular flexibility index (Phi) is 7.52. The van der Waals surface area contributed by atoms with Gasteiger partial charge in [0.1, 0.15) is 0 Å². The number of rotatable bonds is 7. The van der Waals surface area contributed by atoms with Crippen molar-refractivity contribution >= 4 is 0 Å². The molecular weight excluding hydrogens is 138 g/mol. The lowest BCUT2D eigenvalue weighted by Gasteiger charge is -2.07. The van der Waals surface area contributed by atoms with E-state index < -0.39 is 0 Å². The zero-order chi connectivity index (χ0) is 8.53. The van der Waals surface area contributed by atoms with E-state index in [2.05, 4.69) is 18.5 Å². The minimum atomic E-state index is 0.259. The van der Waals surface area contributed by atoms with Crippen LogP contribution in [0.3, 0.4) is 0 Å². The highest BCUT2D eigenvalue weighted by Gasteiger charge is 1.91. The molecule has 1 N–H and O–H groups in total. The fourth-order valence-corrected chi connectivity index (χ4v) is 0.622. The van der Waals surface area contributed by atoms with Crippen LogP contribution >= 0.6 is 0 Å². The van der Waals surface area contributed by atoms with E-state index in [1.165, 1.54) is 0 Å². The third-order valence-electron chi connectivity index (χ3n) is 1.10. The lowest BCUT2D eigenvalue weighted by atomic mass is 10.2. The van der Waals surface area contributed by atoms with E-state index >= 15 is 0 Å². The van der Waals surface area contributed by atoms with Crippen LogP contribution in [0.15, 0.2) is 12.7 Å². The molecule has 11 heavy (non-hydrogen) atoms. The van der Waals surface area contributed by atoms with Crippen molar-refractivity contribution in [3.63, 3.8) is 0 Å². The van der Waals surface area contributed by atoms with Crippen LogP contribution in [0.1, 0.15) is 26.7 Å². The maximum absolute atomic E-state index is 5.13. The van der Waals surface area contributed by atoms with Gasteiger partial charge in [-0.1, -0.05) is 6.08 Å². The molecule has 0 aromatic rings. The van der Waals surface area contributed by atoms with E-state index in [1.54, 1.807) is 0 Å². The molecule has 0 saturated heterocycles. The van der Waals surface area contributed by atoms with E-state index in [9.17, 15) is 0 Å². The van der Waals surface area contributed by atoms with Gasteiger partial charge in [0.2, 0.25) is 0 Å². The molecule has 1 radical (unpaired) electrons. The van der Waals surface area contributed by atoms with Crippen molar-refractivity contribution in [2.45, 2.75) is 32.8 Å². The Morgan fingerprint density at radius 3 is 2.82 bits per heavy atom. The Balaban J connectivity index is 2.85. The molecule has 0 aliphatic rings. The molecule has 0 aromatic carbocycles. The average molecular weight is 156 g/mol. The van der Waals surface area contributed by atoms with Crippen LogP contribution in [0.5, 0.6) is 0 Å². The summed E-state index contributed by atoms with van der Waals surface area (Å²) < 4.78 is 0. The Labute approximate surface area is 69.6 Å². The number of nitrogens with one attached hydrogen (secondary N) is 1. The zero-order valence-corrected chi connectivity index (χ0v) is 7.47. The van der Waals surface area contributed by atoms with Crippen molar-refractivity contribution in [3.05, 3.63) is 19.1 Å². The van der Waals surface area contributed by atoms with Crippen LogP contribution in [0.2, 0.25) is 0 Å². The number of hydrogen-bond acceptors (Lipinski definition) is 2. The number of hydroxylamine groups is 1. The van der Waals surface area contributed by atoms with Crippen LogP contribution in [0, 0.1) is 6.42 Å². The number of unbranched alkanes of at least 4 members (excludes halogenated alkanes) is 2. The smallest absolute Gasteiger partial charge is 0.0734 e. The molecule has 0 atom stereocenters. The predicted octanol–water partition coefficient (Wildman–Crippen LogP) is 2.09. The second-order valence-electron chi connectivity index (χ2n) is 2.66. The standard InChI is InChI=1S/C9H18NO/c1-4-5-6-7-8-10-11-9(2)3/h4,6,9-10H,1,5,7-8H2,2-3H3. The van der Waals surface area contributed by atoms with Crippen LogP contribution in [-0.4, -0.2) is 12.6 Å². The monoisotopic (exact) mass is 156 g/mol.